The zero-order chi connectivity index (χ0) is 7.28. The van der Waals surface area contributed by atoms with Crippen molar-refractivity contribution in [3.8, 4) is 6.19 Å². The lowest BCUT2D eigenvalue weighted by molar-refractivity contribution is 0.242. The summed E-state index contributed by atoms with van der Waals surface area (Å²) in [6.07, 6.45) is 1.51. The maximum Gasteiger partial charge on any atom is 0.328 e. The van der Waals surface area contributed by atoms with Crippen molar-refractivity contribution in [1.29, 1.82) is 5.26 Å². The predicted octanol–water partition coefficient (Wildman–Crippen LogP) is 0.175. The van der Waals surface area contributed by atoms with Crippen LogP contribution >= 0.6 is 0 Å². The maximum absolute atomic E-state index is 10.4. The summed E-state index contributed by atoms with van der Waals surface area (Å²) in [7, 11) is 0. The fraction of sp³-hybridized carbons (Fsp3) is 0.600. The predicted molar refractivity (Wildman–Crippen MR) is 32.4 cm³/mol. The van der Waals surface area contributed by atoms with Crippen molar-refractivity contribution in [1.82, 2.24) is 10.6 Å². The number of hydrogen-bond donors (Lipinski definition) is 2. The fourth-order valence-corrected chi connectivity index (χ4v) is 0.349. The number of rotatable bonds is 1. The molecule has 2 amide bonds. The Hall–Kier alpha value is -1.24. The number of carbonyl (C=O) groups is 1. The van der Waals surface area contributed by atoms with Gasteiger partial charge >= 0.3 is 6.03 Å². The third-order valence-corrected chi connectivity index (χ3v) is 0.589. The second-order valence-corrected chi connectivity index (χ2v) is 1.86. The van der Waals surface area contributed by atoms with Crippen LogP contribution in [0, 0.1) is 11.5 Å². The normalized spacial score (nSPS) is 8.22. The molecule has 0 aromatic rings. The Balaban J connectivity index is 3.42. The minimum atomic E-state index is -0.451. The van der Waals surface area contributed by atoms with Crippen molar-refractivity contribution >= 4 is 6.03 Å². The van der Waals surface area contributed by atoms with E-state index in [9.17, 15) is 4.79 Å². The molecule has 0 radical (unpaired) electrons. The highest BCUT2D eigenvalue weighted by Gasteiger charge is 1.98. The Labute approximate surface area is 53.9 Å². The molecule has 0 aromatic heterocycles. The van der Waals surface area contributed by atoms with Crippen LogP contribution < -0.4 is 10.6 Å². The summed E-state index contributed by atoms with van der Waals surface area (Å²) >= 11 is 0. The Morgan fingerprint density at radius 2 is 2.22 bits per heavy atom. The zero-order valence-electron chi connectivity index (χ0n) is 5.43. The first-order valence-corrected chi connectivity index (χ1v) is 2.62. The van der Waals surface area contributed by atoms with Crippen molar-refractivity contribution in [2.24, 2.45) is 0 Å². The van der Waals surface area contributed by atoms with Gasteiger partial charge in [0.2, 0.25) is 0 Å². The molecule has 4 nitrogen and oxygen atoms in total. The van der Waals surface area contributed by atoms with E-state index in [0.29, 0.717) is 0 Å². The summed E-state index contributed by atoms with van der Waals surface area (Å²) in [6.45, 7) is 3.63. The van der Waals surface area contributed by atoms with Crippen LogP contribution in [0.2, 0.25) is 0 Å². The average molecular weight is 127 g/mol. The van der Waals surface area contributed by atoms with Crippen molar-refractivity contribution in [2.45, 2.75) is 19.9 Å². The van der Waals surface area contributed by atoms with E-state index >= 15 is 0 Å². The largest absolute Gasteiger partial charge is 0.335 e. The fourth-order valence-electron chi connectivity index (χ4n) is 0.349. The van der Waals surface area contributed by atoms with E-state index in [0.717, 1.165) is 0 Å². The van der Waals surface area contributed by atoms with Crippen molar-refractivity contribution in [3.63, 3.8) is 0 Å². The SMILES string of the molecule is CC(C)NC(=O)NC#N. The monoisotopic (exact) mass is 127 g/mol. The maximum atomic E-state index is 10.4. The first kappa shape index (κ1) is 7.76. The first-order chi connectivity index (χ1) is 4.16. The molecule has 0 heterocycles. The zero-order valence-corrected chi connectivity index (χ0v) is 5.43. The average Bonchev–Trinajstić information content (AvgIpc) is 1.63. The van der Waals surface area contributed by atoms with Gasteiger partial charge in [-0.1, -0.05) is 0 Å². The number of amides is 2. The third-order valence-electron chi connectivity index (χ3n) is 0.589. The molecule has 0 fully saturated rings. The van der Waals surface area contributed by atoms with Gasteiger partial charge in [0.15, 0.2) is 6.19 Å². The molecule has 0 atom stereocenters. The number of nitrogens with zero attached hydrogens (tertiary/aromatic N) is 1. The van der Waals surface area contributed by atoms with Gasteiger partial charge in [-0.25, -0.2) is 10.1 Å². The van der Waals surface area contributed by atoms with Gasteiger partial charge < -0.3 is 5.32 Å². The van der Waals surface area contributed by atoms with Crippen LogP contribution in [0.4, 0.5) is 4.79 Å². The Kier molecular flexibility index (Phi) is 3.21. The van der Waals surface area contributed by atoms with Gasteiger partial charge in [-0.05, 0) is 13.8 Å². The summed E-state index contributed by atoms with van der Waals surface area (Å²) in [5.41, 5.74) is 0. The van der Waals surface area contributed by atoms with E-state index in [2.05, 4.69) is 5.32 Å². The minimum Gasteiger partial charge on any atom is -0.335 e. The molecule has 2 N–H and O–H groups in total. The van der Waals surface area contributed by atoms with Crippen molar-refractivity contribution in [2.75, 3.05) is 0 Å². The number of nitriles is 1. The molecule has 0 unspecified atom stereocenters. The van der Waals surface area contributed by atoms with E-state index in [4.69, 9.17) is 5.26 Å². The quantitative estimate of drug-likeness (QED) is 0.389. The number of nitrogens with one attached hydrogen (secondary N) is 2. The molecule has 0 rings (SSSR count). The van der Waals surface area contributed by atoms with Gasteiger partial charge in [-0.15, -0.1) is 0 Å². The third kappa shape index (κ3) is 4.62. The van der Waals surface area contributed by atoms with Gasteiger partial charge in [0, 0.05) is 6.04 Å². The molecule has 0 spiro atoms. The Bertz CT molecular complexity index is 136. The molecule has 0 aliphatic heterocycles. The molecule has 0 aliphatic carbocycles. The highest BCUT2D eigenvalue weighted by molar-refractivity contribution is 5.75. The van der Waals surface area contributed by atoms with Gasteiger partial charge in [0.1, 0.15) is 0 Å². The summed E-state index contributed by atoms with van der Waals surface area (Å²) in [5.74, 6) is 0. The van der Waals surface area contributed by atoms with E-state index in [1.807, 2.05) is 19.2 Å². The van der Waals surface area contributed by atoms with E-state index in [1.54, 1.807) is 0 Å². The number of urea groups is 1. The molecule has 4 heteroatoms. The molecule has 9 heavy (non-hydrogen) atoms. The Morgan fingerprint density at radius 3 is 2.56 bits per heavy atom. The van der Waals surface area contributed by atoms with Gasteiger partial charge in [0.25, 0.3) is 0 Å². The molecule has 0 saturated carbocycles. The van der Waals surface area contributed by atoms with Gasteiger partial charge in [-0.3, -0.25) is 0 Å². The summed E-state index contributed by atoms with van der Waals surface area (Å²) in [4.78, 5) is 10.4. The molecule has 0 aliphatic rings. The van der Waals surface area contributed by atoms with Crippen LogP contribution in [-0.2, 0) is 0 Å². The summed E-state index contributed by atoms with van der Waals surface area (Å²) in [5, 5.41) is 12.3. The van der Waals surface area contributed by atoms with Crippen LogP contribution in [-0.4, -0.2) is 12.1 Å². The molecule has 0 bridgehead atoms. The summed E-state index contributed by atoms with van der Waals surface area (Å²) in [6, 6.07) is -0.383. The van der Waals surface area contributed by atoms with Crippen molar-refractivity contribution < 1.29 is 4.79 Å². The van der Waals surface area contributed by atoms with Crippen LogP contribution in [0.3, 0.4) is 0 Å². The van der Waals surface area contributed by atoms with Crippen LogP contribution in [0.1, 0.15) is 13.8 Å². The van der Waals surface area contributed by atoms with Crippen LogP contribution in [0.5, 0.6) is 0 Å². The second-order valence-electron chi connectivity index (χ2n) is 1.86. The second kappa shape index (κ2) is 3.72. The van der Waals surface area contributed by atoms with E-state index < -0.39 is 6.03 Å². The minimum absolute atomic E-state index is 0.0679. The number of carbonyl (C=O) groups excluding carboxylic acids is 1. The molecular weight excluding hydrogens is 118 g/mol. The highest BCUT2D eigenvalue weighted by Crippen LogP contribution is 1.73. The van der Waals surface area contributed by atoms with E-state index in [-0.39, 0.29) is 6.04 Å². The smallest absolute Gasteiger partial charge is 0.328 e. The summed E-state index contributed by atoms with van der Waals surface area (Å²) < 4.78 is 0. The first-order valence-electron chi connectivity index (χ1n) is 2.62. The molecule has 0 aromatic carbocycles. The van der Waals surface area contributed by atoms with E-state index in [1.165, 1.54) is 6.19 Å². The lowest BCUT2D eigenvalue weighted by atomic mass is 10.4. The topological polar surface area (TPSA) is 64.9 Å². The Morgan fingerprint density at radius 1 is 1.67 bits per heavy atom. The molecule has 50 valence electrons. The number of hydrogen-bond acceptors (Lipinski definition) is 2. The van der Waals surface area contributed by atoms with Crippen LogP contribution in [0.25, 0.3) is 0 Å². The lowest BCUT2D eigenvalue weighted by Gasteiger charge is -2.04. The van der Waals surface area contributed by atoms with Crippen LogP contribution in [0.15, 0.2) is 0 Å². The van der Waals surface area contributed by atoms with Crippen molar-refractivity contribution in [3.05, 3.63) is 0 Å². The molecular formula is C5H9N3O. The standard InChI is InChI=1S/C5H9N3O/c1-4(2)8-5(9)7-3-6/h4H,1-2H3,(H2,7,8,9). The molecule has 0 saturated heterocycles. The van der Waals surface area contributed by atoms with Gasteiger partial charge in [-0.2, -0.15) is 5.26 Å². The highest BCUT2D eigenvalue weighted by atomic mass is 16.2. The van der Waals surface area contributed by atoms with Gasteiger partial charge in [0.05, 0.1) is 0 Å². The lowest BCUT2D eigenvalue weighted by Crippen LogP contribution is -2.36.